The van der Waals surface area contributed by atoms with E-state index in [-0.39, 0.29) is 25.9 Å². The molecule has 0 unspecified atom stereocenters. The molecule has 9 heteroatoms. The lowest BCUT2D eigenvalue weighted by molar-refractivity contribution is -0.182. The molecule has 1 N–H and O–H groups in total. The zero-order chi connectivity index (χ0) is 13.3. The molecule has 1 fully saturated rings. The quantitative estimate of drug-likeness (QED) is 0.821. The van der Waals surface area contributed by atoms with Crippen LogP contribution in [0.1, 0.15) is 12.8 Å². The van der Waals surface area contributed by atoms with Gasteiger partial charge in [-0.25, -0.2) is 12.7 Å². The minimum Gasteiger partial charge on any atom is -0.480 e. The fraction of sp³-hybridized carbons (Fsp3) is 0.875. The third-order valence-electron chi connectivity index (χ3n) is 2.62. The SMILES string of the molecule is O=C(O)CS(=O)(=O)N1CCC(C(F)(F)F)CC1. The number of hydrogen-bond donors (Lipinski definition) is 1. The van der Waals surface area contributed by atoms with Crippen molar-refractivity contribution in [2.45, 2.75) is 19.0 Å². The Bertz CT molecular complexity index is 384. The van der Waals surface area contributed by atoms with E-state index in [1.165, 1.54) is 0 Å². The second-order valence-corrected chi connectivity index (χ2v) is 5.83. The van der Waals surface area contributed by atoms with Gasteiger partial charge in [-0.2, -0.15) is 13.2 Å². The molecule has 100 valence electrons. The summed E-state index contributed by atoms with van der Waals surface area (Å²) in [6.07, 6.45) is -4.95. The first-order chi connectivity index (χ1) is 7.63. The molecule has 0 radical (unpaired) electrons. The Morgan fingerprint density at radius 3 is 2.12 bits per heavy atom. The predicted molar refractivity (Wildman–Crippen MR) is 51.8 cm³/mol. The molecule has 5 nitrogen and oxygen atoms in total. The van der Waals surface area contributed by atoms with Crippen molar-refractivity contribution < 1.29 is 31.5 Å². The number of hydrogen-bond acceptors (Lipinski definition) is 3. The predicted octanol–water partition coefficient (Wildman–Crippen LogP) is 0.675. The highest BCUT2D eigenvalue weighted by Gasteiger charge is 2.42. The first-order valence-electron chi connectivity index (χ1n) is 4.89. The molecule has 0 spiro atoms. The third-order valence-corrected chi connectivity index (χ3v) is 4.38. The van der Waals surface area contributed by atoms with E-state index in [1.54, 1.807) is 0 Å². The summed E-state index contributed by atoms with van der Waals surface area (Å²) in [4.78, 5) is 10.3. The minimum atomic E-state index is -4.32. The molecule has 17 heavy (non-hydrogen) atoms. The summed E-state index contributed by atoms with van der Waals surface area (Å²) in [5.74, 6) is -4.09. The van der Waals surface area contributed by atoms with Gasteiger partial charge in [-0.05, 0) is 12.8 Å². The van der Waals surface area contributed by atoms with E-state index in [0.29, 0.717) is 0 Å². The first-order valence-corrected chi connectivity index (χ1v) is 6.50. The number of carboxylic acids is 1. The second kappa shape index (κ2) is 4.81. The Kier molecular flexibility index (Phi) is 4.03. The van der Waals surface area contributed by atoms with Gasteiger partial charge in [-0.1, -0.05) is 0 Å². The third kappa shape index (κ3) is 3.84. The zero-order valence-corrected chi connectivity index (χ0v) is 9.59. The number of nitrogens with zero attached hydrogens (tertiary/aromatic N) is 1. The lowest BCUT2D eigenvalue weighted by Gasteiger charge is -2.31. The monoisotopic (exact) mass is 275 g/mol. The Hall–Kier alpha value is -0.830. The topological polar surface area (TPSA) is 74.7 Å². The van der Waals surface area contributed by atoms with Gasteiger partial charge in [-0.3, -0.25) is 4.79 Å². The van der Waals surface area contributed by atoms with E-state index >= 15 is 0 Å². The molecule has 1 heterocycles. The van der Waals surface area contributed by atoms with Crippen LogP contribution >= 0.6 is 0 Å². The van der Waals surface area contributed by atoms with Gasteiger partial charge in [0.1, 0.15) is 0 Å². The van der Waals surface area contributed by atoms with Gasteiger partial charge in [0.25, 0.3) is 0 Å². The molecule has 1 saturated heterocycles. The summed E-state index contributed by atoms with van der Waals surface area (Å²) < 4.78 is 60.6. The highest BCUT2D eigenvalue weighted by atomic mass is 32.2. The molecule has 0 aromatic carbocycles. The number of carbonyl (C=O) groups is 1. The van der Waals surface area contributed by atoms with Crippen LogP contribution in [0.4, 0.5) is 13.2 Å². The highest BCUT2D eigenvalue weighted by Crippen LogP contribution is 2.34. The molecule has 0 saturated carbocycles. The van der Waals surface area contributed by atoms with E-state index < -0.39 is 33.8 Å². The Morgan fingerprint density at radius 1 is 1.29 bits per heavy atom. The van der Waals surface area contributed by atoms with Gasteiger partial charge >= 0.3 is 12.1 Å². The maximum absolute atomic E-state index is 12.3. The van der Waals surface area contributed by atoms with E-state index in [2.05, 4.69) is 0 Å². The minimum absolute atomic E-state index is 0.278. The molecule has 0 aromatic rings. The smallest absolute Gasteiger partial charge is 0.391 e. The van der Waals surface area contributed by atoms with Crippen molar-refractivity contribution in [3.05, 3.63) is 0 Å². The van der Waals surface area contributed by atoms with Crippen molar-refractivity contribution >= 4 is 16.0 Å². The maximum atomic E-state index is 12.3. The lowest BCUT2D eigenvalue weighted by Crippen LogP contribution is -2.43. The molecule has 1 aliphatic heterocycles. The van der Waals surface area contributed by atoms with Gasteiger partial charge < -0.3 is 5.11 Å². The van der Waals surface area contributed by atoms with E-state index in [1.807, 2.05) is 0 Å². The standard InChI is InChI=1S/C8H12F3NO4S/c9-8(10,11)6-1-3-12(4-2-6)17(15,16)5-7(13)14/h6H,1-5H2,(H,13,14). The van der Waals surface area contributed by atoms with Crippen molar-refractivity contribution in [1.82, 2.24) is 4.31 Å². The van der Waals surface area contributed by atoms with Gasteiger partial charge in [-0.15, -0.1) is 0 Å². The maximum Gasteiger partial charge on any atom is 0.391 e. The van der Waals surface area contributed by atoms with E-state index in [0.717, 1.165) is 4.31 Å². The second-order valence-electron chi connectivity index (χ2n) is 3.86. The number of aliphatic carboxylic acids is 1. The van der Waals surface area contributed by atoms with Gasteiger partial charge in [0, 0.05) is 13.1 Å². The number of piperidine rings is 1. The van der Waals surface area contributed by atoms with Crippen LogP contribution in [-0.2, 0) is 14.8 Å². The number of halogens is 3. The molecular formula is C8H12F3NO4S. The van der Waals surface area contributed by atoms with Crippen molar-refractivity contribution in [2.75, 3.05) is 18.8 Å². The van der Waals surface area contributed by atoms with Crippen LogP contribution in [0.25, 0.3) is 0 Å². The van der Waals surface area contributed by atoms with Crippen molar-refractivity contribution in [1.29, 1.82) is 0 Å². The Balaban J connectivity index is 2.61. The van der Waals surface area contributed by atoms with Gasteiger partial charge in [0.05, 0.1) is 5.92 Å². The van der Waals surface area contributed by atoms with Crippen LogP contribution < -0.4 is 0 Å². The summed E-state index contributed by atoms with van der Waals surface area (Å²) in [6.45, 7) is -0.556. The molecule has 1 aliphatic rings. The van der Waals surface area contributed by atoms with Crippen LogP contribution in [0.15, 0.2) is 0 Å². The molecule has 1 rings (SSSR count). The Morgan fingerprint density at radius 2 is 1.76 bits per heavy atom. The van der Waals surface area contributed by atoms with Crippen molar-refractivity contribution in [3.8, 4) is 0 Å². The number of carboxylic acid groups (broad SMARTS) is 1. The largest absolute Gasteiger partial charge is 0.480 e. The molecular weight excluding hydrogens is 263 g/mol. The molecule has 0 bridgehead atoms. The number of alkyl halides is 3. The van der Waals surface area contributed by atoms with Crippen molar-refractivity contribution in [2.24, 2.45) is 5.92 Å². The summed E-state index contributed by atoms with van der Waals surface area (Å²) in [6, 6.07) is 0. The van der Waals surface area contributed by atoms with Crippen LogP contribution in [-0.4, -0.2) is 48.8 Å². The zero-order valence-electron chi connectivity index (χ0n) is 8.77. The number of rotatable bonds is 3. The summed E-state index contributed by atoms with van der Waals surface area (Å²) in [5.41, 5.74) is 0. The van der Waals surface area contributed by atoms with Crippen molar-refractivity contribution in [3.63, 3.8) is 0 Å². The number of sulfonamides is 1. The van der Waals surface area contributed by atoms with Crippen LogP contribution in [0, 0.1) is 5.92 Å². The van der Waals surface area contributed by atoms with E-state index in [4.69, 9.17) is 5.11 Å². The molecule has 0 aliphatic carbocycles. The normalized spacial score (nSPS) is 20.4. The first kappa shape index (κ1) is 14.2. The van der Waals surface area contributed by atoms with Crippen LogP contribution in [0.2, 0.25) is 0 Å². The summed E-state index contributed by atoms with van der Waals surface area (Å²) in [5, 5.41) is 8.38. The van der Waals surface area contributed by atoms with Gasteiger partial charge in [0.15, 0.2) is 5.75 Å². The summed E-state index contributed by atoms with van der Waals surface area (Å²) in [7, 11) is -3.99. The van der Waals surface area contributed by atoms with Gasteiger partial charge in [0.2, 0.25) is 10.0 Å². The average molecular weight is 275 g/mol. The molecule has 0 atom stereocenters. The molecule has 0 amide bonds. The fourth-order valence-electron chi connectivity index (χ4n) is 1.71. The fourth-order valence-corrected chi connectivity index (χ4v) is 2.97. The molecule has 0 aromatic heterocycles. The van der Waals surface area contributed by atoms with Crippen LogP contribution in [0.3, 0.4) is 0 Å². The average Bonchev–Trinajstić information content (AvgIpc) is 2.14. The van der Waals surface area contributed by atoms with E-state index in [9.17, 15) is 26.4 Å². The van der Waals surface area contributed by atoms with Crippen LogP contribution in [0.5, 0.6) is 0 Å². The Labute approximate surface area is 96.3 Å². The lowest BCUT2D eigenvalue weighted by atomic mass is 9.98. The summed E-state index contributed by atoms with van der Waals surface area (Å²) >= 11 is 0. The highest BCUT2D eigenvalue weighted by molar-refractivity contribution is 7.89.